The van der Waals surface area contributed by atoms with Crippen LogP contribution in [0.5, 0.6) is 0 Å². The topological polar surface area (TPSA) is 363 Å². The van der Waals surface area contributed by atoms with Gasteiger partial charge in [-0.2, -0.15) is 0 Å². The molecule has 0 aromatic carbocycles. The molecule has 96 heavy (non-hydrogen) atoms. The maximum atomic E-state index is 14.8. The van der Waals surface area contributed by atoms with Crippen LogP contribution < -0.4 is 47.9 Å². The molecule has 9 N–H and O–H groups in total. The molecule has 554 valence electrons. The number of ketones is 3. The number of nitrogens with one attached hydrogen (secondary N) is 9. The van der Waals surface area contributed by atoms with E-state index >= 15 is 0 Å². The summed E-state index contributed by atoms with van der Waals surface area (Å²) in [5, 5.41) is 24.6. The zero-order valence-corrected chi connectivity index (χ0v) is 60.8. The van der Waals surface area contributed by atoms with Gasteiger partial charge in [-0.15, -0.1) is 0 Å². The van der Waals surface area contributed by atoms with Gasteiger partial charge in [0.15, 0.2) is 0 Å². The van der Waals surface area contributed by atoms with Gasteiger partial charge in [0.05, 0.1) is 57.4 Å². The minimum Gasteiger partial charge on any atom is -0.382 e. The number of Topliss-reactive ketones (excluding diaryl/α,β-unsaturated/α-hetero) is 3. The van der Waals surface area contributed by atoms with E-state index in [2.05, 4.69) is 47.9 Å². The first kappa shape index (κ1) is 89.9. The third-order valence-electron chi connectivity index (χ3n) is 15.5. The van der Waals surface area contributed by atoms with Gasteiger partial charge in [-0.25, -0.2) is 0 Å². The van der Waals surface area contributed by atoms with Gasteiger partial charge in [-0.05, 0) is 79.8 Å². The summed E-state index contributed by atoms with van der Waals surface area (Å²) in [5.41, 5.74) is 0. The van der Waals surface area contributed by atoms with E-state index in [4.69, 9.17) is 18.9 Å². The van der Waals surface area contributed by atoms with Gasteiger partial charge in [0, 0.05) is 163 Å². The summed E-state index contributed by atoms with van der Waals surface area (Å²) in [4.78, 5) is 176. The van der Waals surface area contributed by atoms with Crippen molar-refractivity contribution >= 4 is 70.5 Å². The summed E-state index contributed by atoms with van der Waals surface area (Å²) >= 11 is 0. The van der Waals surface area contributed by atoms with Crippen molar-refractivity contribution in [2.45, 2.75) is 144 Å². The zero-order valence-electron chi connectivity index (χ0n) is 60.8. The molecule has 6 unspecified atom stereocenters. The van der Waals surface area contributed by atoms with Crippen molar-refractivity contribution in [3.05, 3.63) is 0 Å². The van der Waals surface area contributed by atoms with Gasteiger partial charge in [-0.1, -0.05) is 48.0 Å². The highest BCUT2D eigenvalue weighted by molar-refractivity contribution is 5.99. The summed E-state index contributed by atoms with van der Waals surface area (Å²) in [6, 6.07) is -3.23. The Kier molecular flexibility index (Phi) is 51.4. The Labute approximate surface area is 572 Å². The molecule has 6 atom stereocenters. The van der Waals surface area contributed by atoms with Crippen molar-refractivity contribution in [1.29, 1.82) is 0 Å². The molecule has 29 nitrogen and oxygen atoms in total. The van der Waals surface area contributed by atoms with E-state index in [1.807, 2.05) is 96.5 Å². The van der Waals surface area contributed by atoms with Crippen molar-refractivity contribution < 1.29 is 76.5 Å². The summed E-state index contributed by atoms with van der Waals surface area (Å²) in [7, 11) is 14.6. The summed E-state index contributed by atoms with van der Waals surface area (Å²) in [5.74, 6) is -12.5. The minimum atomic E-state index is -1.63. The molecule has 9 amide bonds. The van der Waals surface area contributed by atoms with Gasteiger partial charge in [-0.3, -0.25) is 57.5 Å². The van der Waals surface area contributed by atoms with E-state index < -0.39 is 151 Å². The van der Waals surface area contributed by atoms with Crippen molar-refractivity contribution in [2.75, 3.05) is 181 Å². The number of methoxy groups -OCH3 is 2. The molecular formula is C67H125N13O16. The fourth-order valence-corrected chi connectivity index (χ4v) is 9.52. The number of ether oxygens (including phenoxy) is 4. The van der Waals surface area contributed by atoms with Crippen LogP contribution in [0.2, 0.25) is 0 Å². The van der Waals surface area contributed by atoms with Gasteiger partial charge in [0.2, 0.25) is 53.2 Å². The van der Waals surface area contributed by atoms with E-state index in [9.17, 15) is 57.5 Å². The van der Waals surface area contributed by atoms with Crippen LogP contribution in [0.25, 0.3) is 0 Å². The second kappa shape index (κ2) is 54.9. The van der Waals surface area contributed by atoms with Crippen LogP contribution >= 0.6 is 0 Å². The van der Waals surface area contributed by atoms with E-state index in [1.165, 1.54) is 21.1 Å². The number of hydrogen-bond acceptors (Lipinski definition) is 20. The monoisotopic (exact) mass is 1370 g/mol. The SMILES string of the molecule is CCCCNC(=O)C(CC(=O)CC(NC(=O)C(CC(=O)CC(NC(=O)C(CC(=O)CC(C)C(=O)NCCOCCOC)CC(=O)NCCOCCOC)C(=O)NCCC(C)C)CC(=O)NCCCC(C)C)C(=O)NCCN(C)CCN(C)C)CC(=O)NCCN(C)CCN(C)C. The number of carbonyl (C=O) groups excluding carboxylic acids is 12. The standard InChI is InChI=1S/C67H125N13O16/c1-15-16-20-71-63(88)51(43-60(85)69-23-27-79(11)31-29-77(7)8)40-55(82)46-58(67(92)73-24-28-80(12)32-30-78(9)10)76-65(90)53(44-59(84)68-21-17-18-48(2)3)42-56(83)47-57(66(91)72-22-19-49(4)5)75-64(89)52(45-61(86)70-25-33-95-37-35-93-13)41-54(81)39-50(6)62(87)74-26-34-96-38-36-94-14/h48-53,57-58H,15-47H2,1-14H3,(H,68,84)(H,69,85)(H,70,86)(H,71,88)(H,72,91)(H,73,92)(H,74,87)(H,75,89)(H,76,90). The predicted octanol–water partition coefficient (Wildman–Crippen LogP) is 0.0675. The largest absolute Gasteiger partial charge is 0.382 e. The molecule has 0 rings (SSSR count). The molecule has 0 fully saturated rings. The number of amides is 9. The molecule has 29 heteroatoms. The molecule has 0 bridgehead atoms. The second-order valence-corrected chi connectivity index (χ2v) is 26.3. The lowest BCUT2D eigenvalue weighted by molar-refractivity contribution is -0.138. The summed E-state index contributed by atoms with van der Waals surface area (Å²) in [6.07, 6.45) is -1.54. The number of likely N-dealkylation sites (N-methyl/N-ethyl adjacent to an activating group) is 4. The molecule has 0 aromatic heterocycles. The summed E-state index contributed by atoms with van der Waals surface area (Å²) in [6.45, 7) is 18.1. The van der Waals surface area contributed by atoms with Crippen molar-refractivity contribution in [3.63, 3.8) is 0 Å². The smallest absolute Gasteiger partial charge is 0.243 e. The average Bonchev–Trinajstić information content (AvgIpc) is 1.10. The Morgan fingerprint density at radius 3 is 1.16 bits per heavy atom. The summed E-state index contributed by atoms with van der Waals surface area (Å²) < 4.78 is 20.8. The van der Waals surface area contributed by atoms with Crippen molar-refractivity contribution in [2.24, 2.45) is 35.5 Å². The second-order valence-electron chi connectivity index (χ2n) is 26.3. The van der Waals surface area contributed by atoms with Crippen LogP contribution in [0.15, 0.2) is 0 Å². The highest BCUT2D eigenvalue weighted by atomic mass is 16.5. The van der Waals surface area contributed by atoms with E-state index in [1.54, 1.807) is 0 Å². The van der Waals surface area contributed by atoms with Gasteiger partial charge in [0.1, 0.15) is 29.4 Å². The molecule has 0 aliphatic heterocycles. The van der Waals surface area contributed by atoms with Crippen LogP contribution in [0.4, 0.5) is 0 Å². The molecule has 0 saturated carbocycles. The lowest BCUT2D eigenvalue weighted by Crippen LogP contribution is -2.52. The van der Waals surface area contributed by atoms with E-state index in [0.29, 0.717) is 71.2 Å². The first-order valence-corrected chi connectivity index (χ1v) is 34.4. The van der Waals surface area contributed by atoms with Gasteiger partial charge < -0.3 is 86.4 Å². The predicted molar refractivity (Wildman–Crippen MR) is 367 cm³/mol. The highest BCUT2D eigenvalue weighted by Gasteiger charge is 2.35. The quantitative estimate of drug-likeness (QED) is 0.0364. The molecular weight excluding hydrogens is 1240 g/mol. The first-order chi connectivity index (χ1) is 45.5. The fourth-order valence-electron chi connectivity index (χ4n) is 9.52. The first-order valence-electron chi connectivity index (χ1n) is 34.4. The number of hydrogen-bond donors (Lipinski definition) is 9. The van der Waals surface area contributed by atoms with E-state index in [-0.39, 0.29) is 77.8 Å². The van der Waals surface area contributed by atoms with Crippen LogP contribution in [0, 0.1) is 35.5 Å². The molecule has 0 aliphatic rings. The normalized spacial score (nSPS) is 13.4. The van der Waals surface area contributed by atoms with Crippen LogP contribution in [0.3, 0.4) is 0 Å². The minimum absolute atomic E-state index is 0.0447. The third kappa shape index (κ3) is 47.8. The Morgan fingerprint density at radius 2 is 0.719 bits per heavy atom. The molecule has 0 heterocycles. The Morgan fingerprint density at radius 1 is 0.344 bits per heavy atom. The molecule has 0 radical (unpaired) electrons. The zero-order chi connectivity index (χ0) is 72.4. The maximum absolute atomic E-state index is 14.8. The Balaban J connectivity index is 7.37. The number of rotatable bonds is 60. The molecule has 0 aliphatic carbocycles. The number of nitrogens with zero attached hydrogens (tertiary/aromatic N) is 4. The molecule has 0 aromatic rings. The molecule has 0 saturated heterocycles. The molecule has 0 spiro atoms. The lowest BCUT2D eigenvalue weighted by atomic mass is 9.91. The van der Waals surface area contributed by atoms with Crippen molar-refractivity contribution in [1.82, 2.24) is 67.5 Å². The van der Waals surface area contributed by atoms with Crippen LogP contribution in [-0.2, 0) is 76.5 Å². The third-order valence-corrected chi connectivity index (χ3v) is 15.5. The number of carbonyl (C=O) groups is 12. The highest BCUT2D eigenvalue weighted by Crippen LogP contribution is 2.19. The van der Waals surface area contributed by atoms with Crippen LogP contribution in [-0.4, -0.2) is 283 Å². The maximum Gasteiger partial charge on any atom is 0.243 e. The van der Waals surface area contributed by atoms with E-state index in [0.717, 1.165) is 32.5 Å². The Bertz CT molecular complexity index is 2300. The van der Waals surface area contributed by atoms with Crippen molar-refractivity contribution in [3.8, 4) is 0 Å². The number of unbranched alkanes of at least 4 members (excludes halogenated alkanes) is 1. The van der Waals surface area contributed by atoms with Crippen LogP contribution in [0.1, 0.15) is 131 Å². The fraction of sp³-hybridized carbons (Fsp3) is 0.821. The van der Waals surface area contributed by atoms with Gasteiger partial charge >= 0.3 is 0 Å². The Hall–Kier alpha value is -6.08. The average molecular weight is 1370 g/mol. The lowest BCUT2D eigenvalue weighted by Gasteiger charge is -2.25. The van der Waals surface area contributed by atoms with Gasteiger partial charge in [0.25, 0.3) is 0 Å².